The Balaban J connectivity index is 2.55. The molecule has 0 fully saturated rings. The Morgan fingerprint density at radius 3 is 2.57 bits per heavy atom. The van der Waals surface area contributed by atoms with Crippen LogP contribution in [-0.4, -0.2) is 10.8 Å². The molecule has 0 radical (unpaired) electrons. The van der Waals surface area contributed by atoms with E-state index in [1.807, 2.05) is 0 Å². The van der Waals surface area contributed by atoms with Crippen LogP contribution in [-0.2, 0) is 6.42 Å². The van der Waals surface area contributed by atoms with E-state index in [2.05, 4.69) is 25.8 Å². The van der Waals surface area contributed by atoms with Gasteiger partial charge in [-0.1, -0.05) is 13.8 Å². The molecule has 1 aromatic rings. The zero-order valence-electron chi connectivity index (χ0n) is 9.11. The molecule has 14 heavy (non-hydrogen) atoms. The summed E-state index contributed by atoms with van der Waals surface area (Å²) >= 11 is 0. The van der Waals surface area contributed by atoms with Crippen molar-refractivity contribution in [3.05, 3.63) is 22.5 Å². The van der Waals surface area contributed by atoms with E-state index in [9.17, 15) is 4.79 Å². The first-order valence-corrected chi connectivity index (χ1v) is 5.35. The number of aromatic nitrogens is 1. The first-order chi connectivity index (χ1) is 6.61. The summed E-state index contributed by atoms with van der Waals surface area (Å²) in [5.41, 5.74) is 4.58. The van der Waals surface area contributed by atoms with E-state index in [0.717, 1.165) is 24.8 Å². The molecular weight excluding hydrogens is 174 g/mol. The van der Waals surface area contributed by atoms with Crippen LogP contribution in [0.4, 0.5) is 0 Å². The van der Waals surface area contributed by atoms with E-state index >= 15 is 0 Å². The molecule has 1 heterocycles. The van der Waals surface area contributed by atoms with Gasteiger partial charge in [0, 0.05) is 23.4 Å². The molecule has 0 aromatic carbocycles. The van der Waals surface area contributed by atoms with Crippen LogP contribution in [0.3, 0.4) is 0 Å². The molecule has 1 aliphatic carbocycles. The highest BCUT2D eigenvalue weighted by Crippen LogP contribution is 2.29. The van der Waals surface area contributed by atoms with Crippen molar-refractivity contribution in [3.8, 4) is 0 Å². The number of aryl methyl sites for hydroxylation is 1. The minimum atomic E-state index is 0.326. The van der Waals surface area contributed by atoms with Gasteiger partial charge in [-0.15, -0.1) is 0 Å². The summed E-state index contributed by atoms with van der Waals surface area (Å²) in [6, 6.07) is 0. The molecule has 0 unspecified atom stereocenters. The minimum Gasteiger partial charge on any atom is -0.361 e. The Morgan fingerprint density at radius 1 is 1.29 bits per heavy atom. The van der Waals surface area contributed by atoms with E-state index in [-0.39, 0.29) is 0 Å². The van der Waals surface area contributed by atoms with Gasteiger partial charge in [0.25, 0.3) is 0 Å². The van der Waals surface area contributed by atoms with Gasteiger partial charge in [0.05, 0.1) is 0 Å². The van der Waals surface area contributed by atoms with E-state index < -0.39 is 0 Å². The molecule has 0 aliphatic heterocycles. The van der Waals surface area contributed by atoms with Gasteiger partial charge in [-0.05, 0) is 31.2 Å². The summed E-state index contributed by atoms with van der Waals surface area (Å²) in [4.78, 5) is 15.1. The lowest BCUT2D eigenvalue weighted by Crippen LogP contribution is -2.09. The third-order valence-electron chi connectivity index (χ3n) is 3.05. The number of nitrogens with one attached hydrogen (secondary N) is 1. The summed E-state index contributed by atoms with van der Waals surface area (Å²) in [7, 11) is 0. The summed E-state index contributed by atoms with van der Waals surface area (Å²) in [6.45, 7) is 6.39. The Hall–Kier alpha value is -1.05. The third kappa shape index (κ3) is 1.29. The quantitative estimate of drug-likeness (QED) is 0.727. The van der Waals surface area contributed by atoms with Crippen LogP contribution in [0.2, 0.25) is 0 Å². The number of carbonyl (C=O) groups is 1. The van der Waals surface area contributed by atoms with E-state index in [1.165, 1.54) is 17.0 Å². The topological polar surface area (TPSA) is 32.9 Å². The van der Waals surface area contributed by atoms with Crippen molar-refractivity contribution in [3.63, 3.8) is 0 Å². The first-order valence-electron chi connectivity index (χ1n) is 5.35. The maximum absolute atomic E-state index is 11.7. The minimum absolute atomic E-state index is 0.326. The molecule has 1 N–H and O–H groups in total. The molecular formula is C12H17NO. The molecule has 0 saturated heterocycles. The van der Waals surface area contributed by atoms with Gasteiger partial charge >= 0.3 is 0 Å². The lowest BCUT2D eigenvalue weighted by molar-refractivity contribution is 0.0972. The number of H-pyrrole nitrogens is 1. The standard InChI is InChI=1S/C12H17NO/c1-7(2)12-8(3)11-9(13-12)5-4-6-10(11)14/h7,13H,4-6H2,1-3H3. The van der Waals surface area contributed by atoms with Gasteiger partial charge in [0.15, 0.2) is 5.78 Å². The van der Waals surface area contributed by atoms with Crippen molar-refractivity contribution in [1.82, 2.24) is 4.98 Å². The van der Waals surface area contributed by atoms with Gasteiger partial charge in [0.2, 0.25) is 0 Å². The number of carbonyl (C=O) groups excluding carboxylic acids is 1. The first kappa shape index (κ1) is 9.50. The van der Waals surface area contributed by atoms with Crippen molar-refractivity contribution in [2.75, 3.05) is 0 Å². The molecule has 0 amide bonds. The van der Waals surface area contributed by atoms with Crippen molar-refractivity contribution >= 4 is 5.78 Å². The summed E-state index contributed by atoms with van der Waals surface area (Å²) in [6.07, 6.45) is 2.77. The number of hydrogen-bond donors (Lipinski definition) is 1. The monoisotopic (exact) mass is 191 g/mol. The van der Waals surface area contributed by atoms with Crippen LogP contribution >= 0.6 is 0 Å². The van der Waals surface area contributed by atoms with Crippen LogP contribution in [0.25, 0.3) is 0 Å². The summed E-state index contributed by atoms with van der Waals surface area (Å²) < 4.78 is 0. The van der Waals surface area contributed by atoms with Gasteiger partial charge in [0.1, 0.15) is 0 Å². The molecule has 1 aromatic heterocycles. The van der Waals surface area contributed by atoms with Crippen molar-refractivity contribution in [2.45, 2.75) is 46.0 Å². The molecule has 2 nitrogen and oxygen atoms in total. The van der Waals surface area contributed by atoms with E-state index in [4.69, 9.17) is 0 Å². The molecule has 0 saturated carbocycles. The predicted octanol–water partition coefficient (Wildman–Crippen LogP) is 2.97. The van der Waals surface area contributed by atoms with Gasteiger partial charge < -0.3 is 4.98 Å². The highest BCUT2D eigenvalue weighted by Gasteiger charge is 2.24. The summed E-state index contributed by atoms with van der Waals surface area (Å²) in [5, 5.41) is 0. The average Bonchev–Trinajstić information content (AvgIpc) is 2.45. The number of rotatable bonds is 1. The SMILES string of the molecule is Cc1c(C(C)C)[nH]c2c1C(=O)CCC2. The van der Waals surface area contributed by atoms with Crippen molar-refractivity contribution in [1.29, 1.82) is 0 Å². The fourth-order valence-corrected chi connectivity index (χ4v) is 2.37. The second-order valence-corrected chi connectivity index (χ2v) is 4.45. The smallest absolute Gasteiger partial charge is 0.164 e. The average molecular weight is 191 g/mol. The van der Waals surface area contributed by atoms with Gasteiger partial charge in [-0.2, -0.15) is 0 Å². The highest BCUT2D eigenvalue weighted by atomic mass is 16.1. The number of ketones is 1. The lowest BCUT2D eigenvalue weighted by atomic mass is 9.93. The van der Waals surface area contributed by atoms with E-state index in [0.29, 0.717) is 11.7 Å². The summed E-state index contributed by atoms with van der Waals surface area (Å²) in [5.74, 6) is 0.806. The molecule has 0 atom stereocenters. The highest BCUT2D eigenvalue weighted by molar-refractivity contribution is 5.99. The Kier molecular flexibility index (Phi) is 2.22. The molecule has 2 rings (SSSR count). The maximum Gasteiger partial charge on any atom is 0.164 e. The Labute approximate surface area is 84.7 Å². The molecule has 1 aliphatic rings. The number of hydrogen-bond acceptors (Lipinski definition) is 1. The molecule has 0 spiro atoms. The second kappa shape index (κ2) is 3.26. The van der Waals surface area contributed by atoms with Crippen LogP contribution in [0.1, 0.15) is 59.9 Å². The Morgan fingerprint density at radius 2 is 2.00 bits per heavy atom. The largest absolute Gasteiger partial charge is 0.361 e. The number of fused-ring (bicyclic) bond motifs is 1. The van der Waals surface area contributed by atoms with Crippen LogP contribution in [0, 0.1) is 6.92 Å². The Bertz CT molecular complexity index is 374. The van der Waals surface area contributed by atoms with Crippen molar-refractivity contribution in [2.24, 2.45) is 0 Å². The maximum atomic E-state index is 11.7. The number of aromatic amines is 1. The second-order valence-electron chi connectivity index (χ2n) is 4.45. The number of Topliss-reactive ketones (excluding diaryl/α,β-unsaturated/α-hetero) is 1. The van der Waals surface area contributed by atoms with E-state index in [1.54, 1.807) is 0 Å². The van der Waals surface area contributed by atoms with Gasteiger partial charge in [-0.25, -0.2) is 0 Å². The van der Waals surface area contributed by atoms with Crippen LogP contribution in [0.15, 0.2) is 0 Å². The normalized spacial score (nSPS) is 16.1. The van der Waals surface area contributed by atoms with Crippen molar-refractivity contribution < 1.29 is 4.79 Å². The molecule has 2 heteroatoms. The predicted molar refractivity (Wildman–Crippen MR) is 56.9 cm³/mol. The lowest BCUT2D eigenvalue weighted by Gasteiger charge is -2.09. The molecule has 0 bridgehead atoms. The fourth-order valence-electron chi connectivity index (χ4n) is 2.37. The van der Waals surface area contributed by atoms with Gasteiger partial charge in [-0.3, -0.25) is 4.79 Å². The van der Waals surface area contributed by atoms with Crippen LogP contribution < -0.4 is 0 Å². The fraction of sp³-hybridized carbons (Fsp3) is 0.583. The third-order valence-corrected chi connectivity index (χ3v) is 3.05. The van der Waals surface area contributed by atoms with Crippen LogP contribution in [0.5, 0.6) is 0 Å². The molecule has 76 valence electrons. The zero-order valence-corrected chi connectivity index (χ0v) is 9.11. The zero-order chi connectivity index (χ0) is 10.3.